The molecule has 1 aromatic rings. The van der Waals surface area contributed by atoms with E-state index in [1.54, 1.807) is 0 Å². The van der Waals surface area contributed by atoms with Crippen molar-refractivity contribution < 1.29 is 4.79 Å². The number of amides is 1. The molecule has 1 aliphatic rings. The number of hydrogen-bond acceptors (Lipinski definition) is 2. The van der Waals surface area contributed by atoms with Crippen molar-refractivity contribution in [1.82, 2.24) is 9.80 Å². The number of rotatable bonds is 3. The fourth-order valence-corrected chi connectivity index (χ4v) is 2.70. The van der Waals surface area contributed by atoms with Crippen LogP contribution in [-0.2, 0) is 0 Å². The Morgan fingerprint density at radius 1 is 1.30 bits per heavy atom. The van der Waals surface area contributed by atoms with Gasteiger partial charge in [-0.1, -0.05) is 35.9 Å². The molecule has 4 heteroatoms. The molecule has 0 atom stereocenters. The first-order chi connectivity index (χ1) is 9.56. The number of carbonyl (C=O) groups is 1. The summed E-state index contributed by atoms with van der Waals surface area (Å²) in [5.74, 6) is 0.125. The highest BCUT2D eigenvalue weighted by molar-refractivity contribution is 6.29. The number of carbonyl (C=O) groups excluding carboxylic acids is 1. The van der Waals surface area contributed by atoms with Crippen molar-refractivity contribution in [3.63, 3.8) is 0 Å². The van der Waals surface area contributed by atoms with Crippen LogP contribution in [0.2, 0.25) is 0 Å². The molecular formula is C16H21ClN2O. The second-order valence-corrected chi connectivity index (χ2v) is 5.84. The predicted octanol–water partition coefficient (Wildman–Crippen LogP) is 2.90. The summed E-state index contributed by atoms with van der Waals surface area (Å²) in [5.41, 5.74) is 1.89. The molecule has 1 saturated heterocycles. The van der Waals surface area contributed by atoms with Gasteiger partial charge in [0, 0.05) is 43.3 Å². The lowest BCUT2D eigenvalue weighted by Gasteiger charge is -2.22. The number of benzene rings is 1. The fraction of sp³-hybridized carbons (Fsp3) is 0.438. The molecule has 0 unspecified atom stereocenters. The first-order valence-electron chi connectivity index (χ1n) is 6.98. The van der Waals surface area contributed by atoms with E-state index in [4.69, 9.17) is 11.6 Å². The summed E-state index contributed by atoms with van der Waals surface area (Å²) in [4.78, 5) is 16.7. The van der Waals surface area contributed by atoms with Gasteiger partial charge < -0.3 is 4.90 Å². The van der Waals surface area contributed by atoms with Crippen molar-refractivity contribution in [2.45, 2.75) is 13.3 Å². The summed E-state index contributed by atoms with van der Waals surface area (Å²) >= 11 is 5.86. The van der Waals surface area contributed by atoms with Gasteiger partial charge in [-0.2, -0.15) is 0 Å². The van der Waals surface area contributed by atoms with Gasteiger partial charge in [-0.05, 0) is 25.5 Å². The maximum Gasteiger partial charge on any atom is 0.253 e. The molecule has 0 saturated carbocycles. The quantitative estimate of drug-likeness (QED) is 0.855. The van der Waals surface area contributed by atoms with Crippen LogP contribution in [0.25, 0.3) is 0 Å². The SMILES string of the molecule is C=C(Cl)CN1CCCN(C(=O)c2cccc(C)c2)CC1. The maximum atomic E-state index is 12.5. The number of nitrogens with zero attached hydrogens (tertiary/aromatic N) is 2. The average Bonchev–Trinajstić information content (AvgIpc) is 2.63. The van der Waals surface area contributed by atoms with E-state index in [1.807, 2.05) is 36.1 Å². The van der Waals surface area contributed by atoms with E-state index >= 15 is 0 Å². The summed E-state index contributed by atoms with van der Waals surface area (Å²) in [5, 5.41) is 0.656. The third-order valence-corrected chi connectivity index (χ3v) is 3.66. The molecule has 0 aliphatic carbocycles. The number of halogens is 1. The number of hydrogen-bond donors (Lipinski definition) is 0. The third-order valence-electron chi connectivity index (χ3n) is 3.54. The fourth-order valence-electron chi connectivity index (χ4n) is 2.54. The molecule has 0 aromatic heterocycles. The predicted molar refractivity (Wildman–Crippen MR) is 83.1 cm³/mol. The topological polar surface area (TPSA) is 23.6 Å². The smallest absolute Gasteiger partial charge is 0.253 e. The van der Waals surface area contributed by atoms with Crippen molar-refractivity contribution >= 4 is 17.5 Å². The summed E-state index contributed by atoms with van der Waals surface area (Å²) in [6.45, 7) is 9.81. The van der Waals surface area contributed by atoms with Crippen LogP contribution >= 0.6 is 11.6 Å². The summed E-state index contributed by atoms with van der Waals surface area (Å²) in [7, 11) is 0. The molecule has 3 nitrogen and oxygen atoms in total. The Morgan fingerprint density at radius 2 is 2.10 bits per heavy atom. The van der Waals surface area contributed by atoms with Crippen LogP contribution in [0.5, 0.6) is 0 Å². The van der Waals surface area contributed by atoms with E-state index in [0.717, 1.165) is 43.7 Å². The van der Waals surface area contributed by atoms with Crippen molar-refractivity contribution in [3.8, 4) is 0 Å². The van der Waals surface area contributed by atoms with Gasteiger partial charge in [0.05, 0.1) is 0 Å². The van der Waals surface area contributed by atoms with Gasteiger partial charge in [0.15, 0.2) is 0 Å². The molecule has 0 bridgehead atoms. The van der Waals surface area contributed by atoms with Crippen molar-refractivity contribution in [3.05, 3.63) is 47.0 Å². The second-order valence-electron chi connectivity index (χ2n) is 5.31. The highest BCUT2D eigenvalue weighted by atomic mass is 35.5. The molecule has 108 valence electrons. The van der Waals surface area contributed by atoms with Crippen LogP contribution in [0.15, 0.2) is 35.9 Å². The molecule has 1 fully saturated rings. The first kappa shape index (κ1) is 15.1. The molecule has 1 aromatic carbocycles. The Labute approximate surface area is 125 Å². The van der Waals surface area contributed by atoms with E-state index in [9.17, 15) is 4.79 Å². The minimum absolute atomic E-state index is 0.125. The number of aryl methyl sites for hydroxylation is 1. The lowest BCUT2D eigenvalue weighted by molar-refractivity contribution is 0.0762. The van der Waals surface area contributed by atoms with Gasteiger partial charge in [0.2, 0.25) is 0 Å². The normalized spacial score (nSPS) is 16.8. The lowest BCUT2D eigenvalue weighted by atomic mass is 10.1. The van der Waals surface area contributed by atoms with Gasteiger partial charge in [-0.15, -0.1) is 0 Å². The summed E-state index contributed by atoms with van der Waals surface area (Å²) in [6.07, 6.45) is 0.974. The van der Waals surface area contributed by atoms with Crippen molar-refractivity contribution in [2.75, 3.05) is 32.7 Å². The zero-order valence-corrected chi connectivity index (χ0v) is 12.7. The van der Waals surface area contributed by atoms with Crippen LogP contribution in [0.3, 0.4) is 0 Å². The molecule has 1 heterocycles. The highest BCUT2D eigenvalue weighted by Gasteiger charge is 2.20. The third kappa shape index (κ3) is 4.09. The molecule has 20 heavy (non-hydrogen) atoms. The summed E-state index contributed by atoms with van der Waals surface area (Å²) in [6, 6.07) is 7.78. The van der Waals surface area contributed by atoms with E-state index < -0.39 is 0 Å². The Balaban J connectivity index is 1.99. The van der Waals surface area contributed by atoms with Crippen molar-refractivity contribution in [2.24, 2.45) is 0 Å². The molecule has 0 spiro atoms. The maximum absolute atomic E-state index is 12.5. The van der Waals surface area contributed by atoms with Crippen LogP contribution in [0.4, 0.5) is 0 Å². The minimum Gasteiger partial charge on any atom is -0.337 e. The van der Waals surface area contributed by atoms with Gasteiger partial charge in [0.25, 0.3) is 5.91 Å². The van der Waals surface area contributed by atoms with E-state index in [-0.39, 0.29) is 5.91 Å². The van der Waals surface area contributed by atoms with Crippen molar-refractivity contribution in [1.29, 1.82) is 0 Å². The Kier molecular flexibility index (Phi) is 5.21. The Hall–Kier alpha value is -1.32. The van der Waals surface area contributed by atoms with Gasteiger partial charge in [-0.25, -0.2) is 0 Å². The second kappa shape index (κ2) is 6.91. The lowest BCUT2D eigenvalue weighted by Crippen LogP contribution is -2.35. The van der Waals surface area contributed by atoms with Crippen LogP contribution in [0, 0.1) is 6.92 Å². The van der Waals surface area contributed by atoms with Crippen LogP contribution < -0.4 is 0 Å². The van der Waals surface area contributed by atoms with E-state index in [1.165, 1.54) is 0 Å². The summed E-state index contributed by atoms with van der Waals surface area (Å²) < 4.78 is 0. The minimum atomic E-state index is 0.125. The monoisotopic (exact) mass is 292 g/mol. The van der Waals surface area contributed by atoms with Gasteiger partial charge in [-0.3, -0.25) is 9.69 Å². The average molecular weight is 293 g/mol. The van der Waals surface area contributed by atoms with Gasteiger partial charge in [0.1, 0.15) is 0 Å². The van der Waals surface area contributed by atoms with E-state index in [2.05, 4.69) is 11.5 Å². The zero-order valence-electron chi connectivity index (χ0n) is 11.9. The molecular weight excluding hydrogens is 272 g/mol. The molecule has 1 amide bonds. The zero-order chi connectivity index (χ0) is 14.5. The largest absolute Gasteiger partial charge is 0.337 e. The molecule has 1 aliphatic heterocycles. The van der Waals surface area contributed by atoms with Crippen LogP contribution in [0.1, 0.15) is 22.3 Å². The Morgan fingerprint density at radius 3 is 2.80 bits per heavy atom. The highest BCUT2D eigenvalue weighted by Crippen LogP contribution is 2.12. The Bertz CT molecular complexity index is 501. The van der Waals surface area contributed by atoms with E-state index in [0.29, 0.717) is 11.6 Å². The standard InChI is InChI=1S/C16H21ClN2O/c1-13-5-3-6-15(11-13)16(20)19-8-4-7-18(9-10-19)12-14(2)17/h3,5-6,11H,2,4,7-10,12H2,1H3. The molecule has 0 radical (unpaired) electrons. The first-order valence-corrected chi connectivity index (χ1v) is 7.35. The molecule has 2 rings (SSSR count). The van der Waals surface area contributed by atoms with Crippen LogP contribution in [-0.4, -0.2) is 48.4 Å². The van der Waals surface area contributed by atoms with Gasteiger partial charge >= 0.3 is 0 Å². The molecule has 0 N–H and O–H groups in total.